The Balaban J connectivity index is 2.24. The number of nitrogens with zero attached hydrogens (tertiary/aromatic N) is 1. The van der Waals surface area contributed by atoms with Gasteiger partial charge in [-0.2, -0.15) is 0 Å². The van der Waals surface area contributed by atoms with E-state index in [9.17, 15) is 19.8 Å². The fourth-order valence-corrected chi connectivity index (χ4v) is 3.83. The smallest absolute Gasteiger partial charge is 0.314 e. The highest BCUT2D eigenvalue weighted by Gasteiger charge is 2.49. The lowest BCUT2D eigenvalue weighted by atomic mass is 9.74. The molecule has 2 N–H and O–H groups in total. The first-order chi connectivity index (χ1) is 13.3. The number of carboxylic acid groups (broad SMARTS) is 1. The SMILES string of the molecule is CCC[C@@]1(C(=O)O)CN(C(=O)Cc2cc(OC)c(OC)c(OC)c2)CC[C@@H]1O. The molecule has 28 heavy (non-hydrogen) atoms. The Kier molecular flexibility index (Phi) is 7.12. The fourth-order valence-electron chi connectivity index (χ4n) is 3.83. The van der Waals surface area contributed by atoms with E-state index in [1.54, 1.807) is 12.1 Å². The van der Waals surface area contributed by atoms with Crippen LogP contribution in [0.2, 0.25) is 0 Å². The summed E-state index contributed by atoms with van der Waals surface area (Å²) < 4.78 is 15.9. The van der Waals surface area contributed by atoms with Gasteiger partial charge in [-0.3, -0.25) is 9.59 Å². The zero-order valence-electron chi connectivity index (χ0n) is 16.9. The molecule has 1 saturated heterocycles. The van der Waals surface area contributed by atoms with Crippen molar-refractivity contribution in [3.8, 4) is 17.2 Å². The quantitative estimate of drug-likeness (QED) is 0.690. The molecule has 1 aliphatic rings. The molecule has 1 aromatic rings. The van der Waals surface area contributed by atoms with Crippen molar-refractivity contribution in [2.45, 2.75) is 38.7 Å². The molecule has 1 fully saturated rings. The first kappa shape index (κ1) is 21.8. The molecule has 1 heterocycles. The highest BCUT2D eigenvalue weighted by molar-refractivity contribution is 5.82. The number of hydrogen-bond donors (Lipinski definition) is 2. The van der Waals surface area contributed by atoms with Gasteiger partial charge in [0.05, 0.1) is 33.9 Å². The second kappa shape index (κ2) is 9.14. The number of hydrogen-bond acceptors (Lipinski definition) is 6. The normalized spacial score (nSPS) is 21.9. The first-order valence-corrected chi connectivity index (χ1v) is 9.31. The number of aliphatic hydroxyl groups excluding tert-OH is 1. The molecule has 8 heteroatoms. The first-order valence-electron chi connectivity index (χ1n) is 9.31. The van der Waals surface area contributed by atoms with Crippen molar-refractivity contribution >= 4 is 11.9 Å². The maximum atomic E-state index is 12.9. The zero-order valence-corrected chi connectivity index (χ0v) is 16.9. The van der Waals surface area contributed by atoms with Crippen LogP contribution in [0.4, 0.5) is 0 Å². The molecule has 0 unspecified atom stereocenters. The summed E-state index contributed by atoms with van der Waals surface area (Å²) in [6, 6.07) is 3.41. The van der Waals surface area contributed by atoms with Crippen molar-refractivity contribution in [3.63, 3.8) is 0 Å². The Hall–Kier alpha value is -2.48. The van der Waals surface area contributed by atoms with Crippen LogP contribution in [-0.2, 0) is 16.0 Å². The summed E-state index contributed by atoms with van der Waals surface area (Å²) in [5.74, 6) is 0.0688. The van der Waals surface area contributed by atoms with Gasteiger partial charge in [-0.25, -0.2) is 0 Å². The number of methoxy groups -OCH3 is 3. The van der Waals surface area contributed by atoms with Crippen LogP contribution in [0.15, 0.2) is 12.1 Å². The number of benzene rings is 1. The van der Waals surface area contributed by atoms with Crippen LogP contribution in [0.5, 0.6) is 17.2 Å². The zero-order chi connectivity index (χ0) is 20.9. The number of carbonyl (C=O) groups excluding carboxylic acids is 1. The van der Waals surface area contributed by atoms with Crippen LogP contribution in [-0.4, -0.2) is 67.5 Å². The number of piperidine rings is 1. The van der Waals surface area contributed by atoms with Crippen molar-refractivity contribution < 1.29 is 34.0 Å². The Morgan fingerprint density at radius 2 is 1.79 bits per heavy atom. The molecule has 0 aliphatic carbocycles. The highest BCUT2D eigenvalue weighted by Crippen LogP contribution is 2.39. The lowest BCUT2D eigenvalue weighted by molar-refractivity contribution is -0.166. The summed E-state index contributed by atoms with van der Waals surface area (Å²) in [5.41, 5.74) is -0.653. The van der Waals surface area contributed by atoms with Gasteiger partial charge < -0.3 is 29.3 Å². The maximum Gasteiger partial charge on any atom is 0.314 e. The molecule has 0 radical (unpaired) electrons. The van der Waals surface area contributed by atoms with Gasteiger partial charge in [0.15, 0.2) is 11.5 Å². The molecule has 1 amide bonds. The topological polar surface area (TPSA) is 106 Å². The molecule has 1 aliphatic heterocycles. The summed E-state index contributed by atoms with van der Waals surface area (Å²) >= 11 is 0. The summed E-state index contributed by atoms with van der Waals surface area (Å²) in [6.07, 6.45) is 0.271. The van der Waals surface area contributed by atoms with Crippen molar-refractivity contribution in [2.75, 3.05) is 34.4 Å². The number of rotatable bonds is 8. The largest absolute Gasteiger partial charge is 0.493 e. The number of amides is 1. The molecule has 2 rings (SSSR count). The van der Waals surface area contributed by atoms with E-state index >= 15 is 0 Å². The van der Waals surface area contributed by atoms with Crippen LogP contribution < -0.4 is 14.2 Å². The monoisotopic (exact) mass is 395 g/mol. The van der Waals surface area contributed by atoms with Gasteiger partial charge in [0, 0.05) is 13.1 Å². The van der Waals surface area contributed by atoms with Crippen molar-refractivity contribution in [2.24, 2.45) is 5.41 Å². The second-order valence-corrected chi connectivity index (χ2v) is 7.04. The Bertz CT molecular complexity index is 696. The molecular formula is C20H29NO7. The van der Waals surface area contributed by atoms with E-state index in [1.807, 2.05) is 6.92 Å². The standard InChI is InChI=1S/C20H29NO7/c1-5-7-20(19(24)25)12-21(8-6-16(20)22)17(23)11-13-9-14(26-2)18(28-4)15(10-13)27-3/h9-10,16,22H,5-8,11-12H2,1-4H3,(H,24,25)/t16-,20+/m0/s1. The number of aliphatic carboxylic acids is 1. The van der Waals surface area contributed by atoms with Crippen LogP contribution >= 0.6 is 0 Å². The molecule has 1 aromatic carbocycles. The Morgan fingerprint density at radius 3 is 2.25 bits per heavy atom. The van der Waals surface area contributed by atoms with Gasteiger partial charge >= 0.3 is 5.97 Å². The third kappa shape index (κ3) is 4.16. The van der Waals surface area contributed by atoms with E-state index in [-0.39, 0.29) is 25.3 Å². The van der Waals surface area contributed by atoms with Crippen molar-refractivity contribution in [1.29, 1.82) is 0 Å². The van der Waals surface area contributed by atoms with Crippen molar-refractivity contribution in [3.05, 3.63) is 17.7 Å². The van der Waals surface area contributed by atoms with Crippen molar-refractivity contribution in [1.82, 2.24) is 4.90 Å². The predicted molar refractivity (Wildman–Crippen MR) is 102 cm³/mol. The summed E-state index contributed by atoms with van der Waals surface area (Å²) in [4.78, 5) is 26.3. The number of carboxylic acids is 1. The van der Waals surface area contributed by atoms with Crippen LogP contribution in [0.25, 0.3) is 0 Å². The van der Waals surface area contributed by atoms with Crippen LogP contribution in [0.1, 0.15) is 31.7 Å². The lowest BCUT2D eigenvalue weighted by Gasteiger charge is -2.43. The summed E-state index contributed by atoms with van der Waals surface area (Å²) in [5, 5.41) is 20.1. The lowest BCUT2D eigenvalue weighted by Crippen LogP contribution is -2.57. The number of aliphatic hydroxyl groups is 1. The molecule has 0 aromatic heterocycles. The third-order valence-corrected chi connectivity index (χ3v) is 5.34. The molecule has 2 atom stereocenters. The van der Waals surface area contributed by atoms with E-state index in [4.69, 9.17) is 14.2 Å². The van der Waals surface area contributed by atoms with Gasteiger partial charge in [-0.05, 0) is 30.5 Å². The number of carbonyl (C=O) groups is 2. The minimum Gasteiger partial charge on any atom is -0.493 e. The minimum atomic E-state index is -1.32. The van der Waals surface area contributed by atoms with Gasteiger partial charge in [0.25, 0.3) is 0 Å². The van der Waals surface area contributed by atoms with Gasteiger partial charge in [0.2, 0.25) is 11.7 Å². The molecule has 0 bridgehead atoms. The predicted octanol–water partition coefficient (Wildman–Crippen LogP) is 1.72. The average molecular weight is 395 g/mol. The minimum absolute atomic E-state index is 0.000593. The average Bonchev–Trinajstić information content (AvgIpc) is 2.68. The Morgan fingerprint density at radius 1 is 1.18 bits per heavy atom. The maximum absolute atomic E-state index is 12.9. The number of likely N-dealkylation sites (tertiary alicyclic amines) is 1. The third-order valence-electron chi connectivity index (χ3n) is 5.34. The summed E-state index contributed by atoms with van der Waals surface area (Å²) in [6.45, 7) is 2.19. The molecule has 8 nitrogen and oxygen atoms in total. The van der Waals surface area contributed by atoms with Gasteiger partial charge in [-0.1, -0.05) is 13.3 Å². The van der Waals surface area contributed by atoms with E-state index in [1.165, 1.54) is 26.2 Å². The molecular weight excluding hydrogens is 366 g/mol. The van der Waals surface area contributed by atoms with Gasteiger partial charge in [-0.15, -0.1) is 0 Å². The molecule has 0 saturated carbocycles. The Labute approximate surface area is 165 Å². The van der Waals surface area contributed by atoms with Crippen LogP contribution in [0.3, 0.4) is 0 Å². The van der Waals surface area contributed by atoms with Crippen LogP contribution in [0, 0.1) is 5.41 Å². The number of ether oxygens (including phenoxy) is 3. The van der Waals surface area contributed by atoms with E-state index in [2.05, 4.69) is 0 Å². The van der Waals surface area contributed by atoms with E-state index in [0.717, 1.165) is 0 Å². The molecule has 156 valence electrons. The second-order valence-electron chi connectivity index (χ2n) is 7.04. The van der Waals surface area contributed by atoms with E-state index < -0.39 is 17.5 Å². The highest BCUT2D eigenvalue weighted by atomic mass is 16.5. The fraction of sp³-hybridized carbons (Fsp3) is 0.600. The summed E-state index contributed by atoms with van der Waals surface area (Å²) in [7, 11) is 4.51. The van der Waals surface area contributed by atoms with Gasteiger partial charge in [0.1, 0.15) is 5.41 Å². The van der Waals surface area contributed by atoms with E-state index in [0.29, 0.717) is 42.2 Å². The molecule has 0 spiro atoms.